The Kier molecular flexibility index (Phi) is 4.91. The fourth-order valence-corrected chi connectivity index (χ4v) is 3.59. The summed E-state index contributed by atoms with van der Waals surface area (Å²) in [5.74, 6) is -1.01. The van der Waals surface area contributed by atoms with Gasteiger partial charge in [0, 0.05) is 34.0 Å². The zero-order valence-electron chi connectivity index (χ0n) is 16.2. The van der Waals surface area contributed by atoms with Crippen LogP contribution in [0.15, 0.2) is 66.7 Å². The molecule has 0 fully saturated rings. The van der Waals surface area contributed by atoms with Crippen molar-refractivity contribution >= 4 is 45.0 Å². The molecule has 2 amide bonds. The molecule has 29 heavy (non-hydrogen) atoms. The van der Waals surface area contributed by atoms with E-state index in [1.165, 1.54) is 7.11 Å². The lowest BCUT2D eigenvalue weighted by molar-refractivity contribution is -0.133. The second-order valence-corrected chi connectivity index (χ2v) is 6.60. The molecular formula is C23H21N3O3. The number of para-hydroxylation sites is 3. The second kappa shape index (κ2) is 7.67. The SMILES string of the molecule is CCn1c2ccccc2c2cc(NC(=O)C(=O)Nc3ccccc3OC)ccc21. The van der Waals surface area contributed by atoms with Crippen LogP contribution in [0.25, 0.3) is 21.8 Å². The first kappa shape index (κ1) is 18.6. The van der Waals surface area contributed by atoms with Gasteiger partial charge in [-0.1, -0.05) is 30.3 Å². The van der Waals surface area contributed by atoms with Gasteiger partial charge in [0.25, 0.3) is 0 Å². The van der Waals surface area contributed by atoms with Gasteiger partial charge in [0.15, 0.2) is 0 Å². The highest BCUT2D eigenvalue weighted by Crippen LogP contribution is 2.31. The predicted molar refractivity (Wildman–Crippen MR) is 115 cm³/mol. The Morgan fingerprint density at radius 2 is 1.55 bits per heavy atom. The number of ether oxygens (including phenoxy) is 1. The van der Waals surface area contributed by atoms with Gasteiger partial charge in [-0.3, -0.25) is 9.59 Å². The third-order valence-corrected chi connectivity index (χ3v) is 4.91. The van der Waals surface area contributed by atoms with Crippen LogP contribution in [-0.4, -0.2) is 23.5 Å². The lowest BCUT2D eigenvalue weighted by atomic mass is 10.1. The van der Waals surface area contributed by atoms with E-state index >= 15 is 0 Å². The number of fused-ring (bicyclic) bond motifs is 3. The minimum Gasteiger partial charge on any atom is -0.495 e. The standard InChI is InChI=1S/C23H21N3O3/c1-3-26-19-10-6-4-8-16(19)17-14-15(12-13-20(17)26)24-22(27)23(28)25-18-9-5-7-11-21(18)29-2/h4-14H,3H2,1-2H3,(H,24,27)(H,25,28). The molecule has 1 heterocycles. The number of aromatic nitrogens is 1. The van der Waals surface area contributed by atoms with Crippen LogP contribution in [0.5, 0.6) is 5.75 Å². The summed E-state index contributed by atoms with van der Waals surface area (Å²) in [5.41, 5.74) is 3.24. The third-order valence-electron chi connectivity index (χ3n) is 4.91. The van der Waals surface area contributed by atoms with Gasteiger partial charge in [-0.05, 0) is 43.3 Å². The van der Waals surface area contributed by atoms with Crippen molar-refractivity contribution < 1.29 is 14.3 Å². The molecule has 0 bridgehead atoms. The topological polar surface area (TPSA) is 72.4 Å². The minimum atomic E-state index is -0.759. The van der Waals surface area contributed by atoms with Crippen molar-refractivity contribution in [2.24, 2.45) is 0 Å². The van der Waals surface area contributed by atoms with Crippen LogP contribution < -0.4 is 15.4 Å². The van der Waals surface area contributed by atoms with E-state index in [1.54, 1.807) is 24.3 Å². The summed E-state index contributed by atoms with van der Waals surface area (Å²) in [6.45, 7) is 2.95. The molecule has 0 aliphatic heterocycles. The highest BCUT2D eigenvalue weighted by atomic mass is 16.5. The zero-order chi connectivity index (χ0) is 20.4. The highest BCUT2D eigenvalue weighted by Gasteiger charge is 2.17. The summed E-state index contributed by atoms with van der Waals surface area (Å²) in [4.78, 5) is 24.7. The van der Waals surface area contributed by atoms with Crippen LogP contribution in [-0.2, 0) is 16.1 Å². The number of rotatable bonds is 4. The number of amides is 2. The number of aryl methyl sites for hydroxylation is 1. The normalized spacial score (nSPS) is 10.8. The van der Waals surface area contributed by atoms with E-state index in [0.29, 0.717) is 17.1 Å². The molecule has 0 spiro atoms. The molecule has 1 aromatic heterocycles. The van der Waals surface area contributed by atoms with Gasteiger partial charge in [-0.15, -0.1) is 0 Å². The fourth-order valence-electron chi connectivity index (χ4n) is 3.59. The molecule has 4 aromatic rings. The fraction of sp³-hybridized carbons (Fsp3) is 0.130. The third kappa shape index (κ3) is 3.40. The number of carbonyl (C=O) groups excluding carboxylic acids is 2. The maximum absolute atomic E-state index is 12.4. The van der Waals surface area contributed by atoms with Crippen molar-refractivity contribution in [1.82, 2.24) is 4.57 Å². The molecule has 0 saturated heterocycles. The van der Waals surface area contributed by atoms with Gasteiger partial charge < -0.3 is 19.9 Å². The molecular weight excluding hydrogens is 366 g/mol. The average Bonchev–Trinajstić information content (AvgIpc) is 3.07. The zero-order valence-corrected chi connectivity index (χ0v) is 16.2. The average molecular weight is 387 g/mol. The molecule has 6 nitrogen and oxygen atoms in total. The first-order valence-corrected chi connectivity index (χ1v) is 9.38. The van der Waals surface area contributed by atoms with E-state index in [1.807, 2.05) is 30.3 Å². The van der Waals surface area contributed by atoms with E-state index < -0.39 is 11.8 Å². The van der Waals surface area contributed by atoms with Gasteiger partial charge in [0.1, 0.15) is 5.75 Å². The molecule has 146 valence electrons. The maximum Gasteiger partial charge on any atom is 0.314 e. The van der Waals surface area contributed by atoms with Crippen molar-refractivity contribution in [3.05, 3.63) is 66.7 Å². The van der Waals surface area contributed by atoms with Crippen LogP contribution >= 0.6 is 0 Å². The van der Waals surface area contributed by atoms with Crippen molar-refractivity contribution in [2.75, 3.05) is 17.7 Å². The Labute approximate surface area is 168 Å². The smallest absolute Gasteiger partial charge is 0.314 e. The summed E-state index contributed by atoms with van der Waals surface area (Å²) in [7, 11) is 1.51. The lowest BCUT2D eigenvalue weighted by Gasteiger charge is -2.10. The molecule has 0 unspecified atom stereocenters. The molecule has 0 radical (unpaired) electrons. The van der Waals surface area contributed by atoms with E-state index in [2.05, 4.69) is 34.3 Å². The monoisotopic (exact) mass is 387 g/mol. The van der Waals surface area contributed by atoms with Gasteiger partial charge in [-0.25, -0.2) is 0 Å². The summed E-state index contributed by atoms with van der Waals surface area (Å²) in [6.07, 6.45) is 0. The minimum absolute atomic E-state index is 0.441. The van der Waals surface area contributed by atoms with Gasteiger partial charge in [0.05, 0.1) is 12.8 Å². The largest absolute Gasteiger partial charge is 0.495 e. The molecule has 2 N–H and O–H groups in total. The van der Waals surface area contributed by atoms with Crippen LogP contribution in [0.1, 0.15) is 6.92 Å². The van der Waals surface area contributed by atoms with E-state index in [0.717, 1.165) is 28.4 Å². The van der Waals surface area contributed by atoms with Crippen molar-refractivity contribution in [3.8, 4) is 5.75 Å². The Morgan fingerprint density at radius 1 is 0.862 bits per heavy atom. The molecule has 0 aliphatic rings. The Hall–Kier alpha value is -3.80. The number of anilines is 2. The van der Waals surface area contributed by atoms with E-state index in [-0.39, 0.29) is 0 Å². The van der Waals surface area contributed by atoms with Crippen LogP contribution in [0, 0.1) is 0 Å². The van der Waals surface area contributed by atoms with E-state index in [4.69, 9.17) is 4.74 Å². The van der Waals surface area contributed by atoms with Gasteiger partial charge in [-0.2, -0.15) is 0 Å². The van der Waals surface area contributed by atoms with Crippen LogP contribution in [0.3, 0.4) is 0 Å². The maximum atomic E-state index is 12.4. The Morgan fingerprint density at radius 3 is 2.34 bits per heavy atom. The van der Waals surface area contributed by atoms with Gasteiger partial charge >= 0.3 is 11.8 Å². The number of carbonyl (C=O) groups is 2. The first-order valence-electron chi connectivity index (χ1n) is 9.38. The Bertz CT molecular complexity index is 1230. The second-order valence-electron chi connectivity index (χ2n) is 6.60. The predicted octanol–water partition coefficient (Wildman–Crippen LogP) is 4.40. The number of benzene rings is 3. The summed E-state index contributed by atoms with van der Waals surface area (Å²) in [5, 5.41) is 7.41. The lowest BCUT2D eigenvalue weighted by Crippen LogP contribution is -2.29. The first-order chi connectivity index (χ1) is 14.1. The van der Waals surface area contributed by atoms with Gasteiger partial charge in [0.2, 0.25) is 0 Å². The number of nitrogens with zero attached hydrogens (tertiary/aromatic N) is 1. The van der Waals surface area contributed by atoms with Crippen molar-refractivity contribution in [2.45, 2.75) is 13.5 Å². The number of methoxy groups -OCH3 is 1. The molecule has 0 atom stereocenters. The molecule has 3 aromatic carbocycles. The summed E-state index contributed by atoms with van der Waals surface area (Å²) in [6, 6.07) is 20.8. The molecule has 0 aliphatic carbocycles. The van der Waals surface area contributed by atoms with E-state index in [9.17, 15) is 9.59 Å². The number of hydrogen-bond acceptors (Lipinski definition) is 3. The molecule has 4 rings (SSSR count). The number of hydrogen-bond donors (Lipinski definition) is 2. The summed E-state index contributed by atoms with van der Waals surface area (Å²) >= 11 is 0. The molecule has 6 heteroatoms. The number of nitrogens with one attached hydrogen (secondary N) is 2. The van der Waals surface area contributed by atoms with Crippen LogP contribution in [0.2, 0.25) is 0 Å². The quantitative estimate of drug-likeness (QED) is 0.510. The van der Waals surface area contributed by atoms with Crippen molar-refractivity contribution in [3.63, 3.8) is 0 Å². The molecule has 0 saturated carbocycles. The van der Waals surface area contributed by atoms with Crippen LogP contribution in [0.4, 0.5) is 11.4 Å². The highest BCUT2D eigenvalue weighted by molar-refractivity contribution is 6.43. The Balaban J connectivity index is 1.60. The summed E-state index contributed by atoms with van der Waals surface area (Å²) < 4.78 is 7.42. The van der Waals surface area contributed by atoms with Crippen molar-refractivity contribution in [1.29, 1.82) is 0 Å².